The molecule has 0 heterocycles. The van der Waals surface area contributed by atoms with Crippen LogP contribution in [0.1, 0.15) is 11.1 Å². The van der Waals surface area contributed by atoms with Crippen LogP contribution in [-0.4, -0.2) is 39.8 Å². The third-order valence-electron chi connectivity index (χ3n) is 3.91. The van der Waals surface area contributed by atoms with Gasteiger partial charge >= 0.3 is 6.18 Å². The fourth-order valence-corrected chi connectivity index (χ4v) is 3.68. The molecule has 0 aliphatic carbocycles. The summed E-state index contributed by atoms with van der Waals surface area (Å²) in [6, 6.07) is 7.28. The summed E-state index contributed by atoms with van der Waals surface area (Å²) in [6.45, 7) is 0. The first-order chi connectivity index (χ1) is 13.9. The molecule has 2 aromatic rings. The van der Waals surface area contributed by atoms with Gasteiger partial charge in [-0.3, -0.25) is 4.79 Å². The molecule has 0 radical (unpaired) electrons. The molecule has 0 fully saturated rings. The van der Waals surface area contributed by atoms with Crippen molar-refractivity contribution in [2.24, 2.45) is 0 Å². The van der Waals surface area contributed by atoms with Gasteiger partial charge in [-0.2, -0.15) is 13.2 Å². The van der Waals surface area contributed by atoms with E-state index < -0.39 is 32.7 Å². The number of alkyl halides is 3. The van der Waals surface area contributed by atoms with Crippen LogP contribution in [0, 0.1) is 0 Å². The molecule has 0 atom stereocenters. The van der Waals surface area contributed by atoms with E-state index in [4.69, 9.17) is 16.3 Å². The van der Waals surface area contributed by atoms with Gasteiger partial charge in [0.25, 0.3) is 0 Å². The van der Waals surface area contributed by atoms with Gasteiger partial charge in [0.05, 0.1) is 17.7 Å². The zero-order valence-corrected chi connectivity index (χ0v) is 17.7. The number of anilines is 1. The Morgan fingerprint density at radius 2 is 1.83 bits per heavy atom. The molecule has 0 bridgehead atoms. The minimum atomic E-state index is -4.66. The zero-order chi connectivity index (χ0) is 22.7. The van der Waals surface area contributed by atoms with Crippen LogP contribution in [0.3, 0.4) is 0 Å². The second-order valence-corrected chi connectivity index (χ2v) is 8.74. The van der Waals surface area contributed by atoms with Crippen molar-refractivity contribution in [3.8, 4) is 5.75 Å². The smallest absolute Gasteiger partial charge is 0.417 e. The number of nitrogens with zero attached hydrogens (tertiary/aromatic N) is 1. The summed E-state index contributed by atoms with van der Waals surface area (Å²) in [5, 5.41) is 1.82. The van der Waals surface area contributed by atoms with Gasteiger partial charge < -0.3 is 10.1 Å². The van der Waals surface area contributed by atoms with Gasteiger partial charge in [0.2, 0.25) is 15.9 Å². The van der Waals surface area contributed by atoms with Gasteiger partial charge in [0, 0.05) is 25.9 Å². The number of benzene rings is 2. The number of hydrogen-bond donors (Lipinski definition) is 1. The van der Waals surface area contributed by atoms with E-state index in [9.17, 15) is 26.4 Å². The first-order valence-electron chi connectivity index (χ1n) is 8.32. The Labute approximate surface area is 176 Å². The van der Waals surface area contributed by atoms with Gasteiger partial charge in [-0.05, 0) is 42.0 Å². The van der Waals surface area contributed by atoms with E-state index in [-0.39, 0.29) is 16.3 Å². The lowest BCUT2D eigenvalue weighted by atomic mass is 10.2. The molecule has 6 nitrogen and oxygen atoms in total. The van der Waals surface area contributed by atoms with Crippen molar-refractivity contribution in [2.75, 3.05) is 26.5 Å². The van der Waals surface area contributed by atoms with Crippen molar-refractivity contribution >= 4 is 39.3 Å². The van der Waals surface area contributed by atoms with Crippen LogP contribution in [0.5, 0.6) is 5.75 Å². The number of nitrogens with one attached hydrogen (secondary N) is 1. The maximum atomic E-state index is 12.9. The van der Waals surface area contributed by atoms with Crippen LogP contribution in [0.25, 0.3) is 6.08 Å². The first-order valence-corrected chi connectivity index (χ1v) is 10.1. The third kappa shape index (κ3) is 5.53. The van der Waals surface area contributed by atoms with E-state index in [1.54, 1.807) is 0 Å². The van der Waals surface area contributed by atoms with Crippen molar-refractivity contribution in [3.63, 3.8) is 0 Å². The van der Waals surface area contributed by atoms with E-state index >= 15 is 0 Å². The van der Waals surface area contributed by atoms with Crippen molar-refractivity contribution in [1.82, 2.24) is 4.31 Å². The molecule has 30 heavy (non-hydrogen) atoms. The maximum absolute atomic E-state index is 12.9. The second kappa shape index (κ2) is 9.07. The summed E-state index contributed by atoms with van der Waals surface area (Å²) in [5.74, 6) is -0.579. The third-order valence-corrected chi connectivity index (χ3v) is 6.08. The molecular formula is C19H18ClF3N2O4S. The zero-order valence-electron chi connectivity index (χ0n) is 16.1. The molecule has 0 aromatic heterocycles. The first kappa shape index (κ1) is 23.7. The molecule has 1 N–H and O–H groups in total. The lowest BCUT2D eigenvalue weighted by molar-refractivity contribution is -0.137. The summed E-state index contributed by atoms with van der Waals surface area (Å²) in [6.07, 6.45) is -2.27. The highest BCUT2D eigenvalue weighted by Gasteiger charge is 2.33. The molecule has 1 amide bonds. The summed E-state index contributed by atoms with van der Waals surface area (Å²) in [7, 11) is 0.265. The summed E-state index contributed by atoms with van der Waals surface area (Å²) >= 11 is 5.55. The number of sulfonamides is 1. The minimum Gasteiger partial charge on any atom is -0.495 e. The highest BCUT2D eigenvalue weighted by atomic mass is 35.5. The van der Waals surface area contributed by atoms with Crippen LogP contribution in [0.15, 0.2) is 47.4 Å². The van der Waals surface area contributed by atoms with Crippen molar-refractivity contribution in [2.45, 2.75) is 11.1 Å². The van der Waals surface area contributed by atoms with Gasteiger partial charge in [-0.25, -0.2) is 12.7 Å². The predicted octanol–water partition coefficient (Wildman–Crippen LogP) is 4.27. The Kier molecular flexibility index (Phi) is 7.17. The van der Waals surface area contributed by atoms with Crippen LogP contribution in [0.2, 0.25) is 5.02 Å². The van der Waals surface area contributed by atoms with Gasteiger partial charge in [0.15, 0.2) is 0 Å². The van der Waals surface area contributed by atoms with Crippen LogP contribution in [-0.2, 0) is 21.0 Å². The molecule has 0 saturated heterocycles. The van der Waals surface area contributed by atoms with E-state index in [0.29, 0.717) is 5.56 Å². The molecule has 2 aromatic carbocycles. The van der Waals surface area contributed by atoms with Crippen molar-refractivity contribution in [3.05, 3.63) is 58.6 Å². The number of halogens is 4. The number of rotatable bonds is 6. The molecule has 2 rings (SSSR count). The lowest BCUT2D eigenvalue weighted by Gasteiger charge is -2.15. The summed E-state index contributed by atoms with van der Waals surface area (Å²) in [5.41, 5.74) is -0.787. The number of hydrogen-bond acceptors (Lipinski definition) is 4. The standard InChI is InChI=1S/C19H18ClF3N2O4S/c1-25(2)30(27,28)17-10-12(4-8-16(17)29-3)5-9-18(26)24-13-6-7-15(20)14(11-13)19(21,22)23/h4-11H,1-3H3,(H,24,26)/b9-5+. The van der Waals surface area contributed by atoms with Crippen LogP contribution < -0.4 is 10.1 Å². The fourth-order valence-electron chi connectivity index (χ4n) is 2.37. The molecule has 0 unspecified atom stereocenters. The van der Waals surface area contributed by atoms with E-state index in [1.165, 1.54) is 51.5 Å². The fraction of sp³-hybridized carbons (Fsp3) is 0.211. The molecule has 162 valence electrons. The Balaban J connectivity index is 2.25. The summed E-state index contributed by atoms with van der Waals surface area (Å²) < 4.78 is 69.7. The molecular weight excluding hydrogens is 445 g/mol. The van der Waals surface area contributed by atoms with E-state index in [1.807, 2.05) is 0 Å². The highest BCUT2D eigenvalue weighted by molar-refractivity contribution is 7.89. The SMILES string of the molecule is COc1ccc(/C=C/C(=O)Nc2ccc(Cl)c(C(F)(F)F)c2)cc1S(=O)(=O)N(C)C. The molecule has 0 spiro atoms. The largest absolute Gasteiger partial charge is 0.495 e. The Morgan fingerprint density at radius 1 is 1.17 bits per heavy atom. The number of carbonyl (C=O) groups is 1. The predicted molar refractivity (Wildman–Crippen MR) is 108 cm³/mol. The van der Waals surface area contributed by atoms with Crippen LogP contribution >= 0.6 is 11.6 Å². The van der Waals surface area contributed by atoms with Gasteiger partial charge in [0.1, 0.15) is 10.6 Å². The van der Waals surface area contributed by atoms with Gasteiger partial charge in [-0.15, -0.1) is 0 Å². The number of carbonyl (C=O) groups excluding carboxylic acids is 1. The monoisotopic (exact) mass is 462 g/mol. The second-order valence-electron chi connectivity index (χ2n) is 6.21. The Bertz CT molecular complexity index is 1080. The molecule has 0 aliphatic heterocycles. The maximum Gasteiger partial charge on any atom is 0.417 e. The molecule has 0 aliphatic rings. The average Bonchev–Trinajstić information content (AvgIpc) is 2.66. The normalized spacial score (nSPS) is 12.4. The van der Waals surface area contributed by atoms with Gasteiger partial charge in [-0.1, -0.05) is 17.7 Å². The number of ether oxygens (including phenoxy) is 1. The average molecular weight is 463 g/mol. The number of methoxy groups -OCH3 is 1. The molecule has 11 heteroatoms. The lowest BCUT2D eigenvalue weighted by Crippen LogP contribution is -2.22. The topological polar surface area (TPSA) is 75.7 Å². The van der Waals surface area contributed by atoms with Crippen molar-refractivity contribution < 1.29 is 31.1 Å². The van der Waals surface area contributed by atoms with E-state index in [2.05, 4.69) is 5.32 Å². The van der Waals surface area contributed by atoms with Crippen molar-refractivity contribution in [1.29, 1.82) is 0 Å². The van der Waals surface area contributed by atoms with E-state index in [0.717, 1.165) is 22.5 Å². The number of amides is 1. The highest BCUT2D eigenvalue weighted by Crippen LogP contribution is 2.36. The Morgan fingerprint density at radius 3 is 2.40 bits per heavy atom. The quantitative estimate of drug-likeness (QED) is 0.650. The summed E-state index contributed by atoms with van der Waals surface area (Å²) in [4.78, 5) is 12.0. The minimum absolute atomic E-state index is 0.0908. The Hall–Kier alpha value is -2.56. The molecule has 0 saturated carbocycles. The van der Waals surface area contributed by atoms with Crippen LogP contribution in [0.4, 0.5) is 18.9 Å².